The molecule has 0 amide bonds. The van der Waals surface area contributed by atoms with E-state index in [1.165, 1.54) is 11.1 Å². The maximum absolute atomic E-state index is 11.6. The second kappa shape index (κ2) is 10.0. The number of aromatic amines is 1. The van der Waals surface area contributed by atoms with E-state index in [1.54, 1.807) is 6.07 Å². The van der Waals surface area contributed by atoms with Gasteiger partial charge in [0.15, 0.2) is 17.3 Å². The van der Waals surface area contributed by atoms with E-state index < -0.39 is 10.8 Å². The Labute approximate surface area is 216 Å². The predicted molar refractivity (Wildman–Crippen MR) is 141 cm³/mol. The maximum Gasteiger partial charge on any atom is 0.231 e. The zero-order valence-electron chi connectivity index (χ0n) is 19.6. The minimum absolute atomic E-state index is 0.212. The molecular formula is C27H25ClN4O3S. The van der Waals surface area contributed by atoms with Crippen LogP contribution >= 0.6 is 11.6 Å². The van der Waals surface area contributed by atoms with Crippen molar-refractivity contribution in [2.24, 2.45) is 0 Å². The third-order valence-corrected chi connectivity index (χ3v) is 8.14. The Morgan fingerprint density at radius 3 is 2.50 bits per heavy atom. The molecule has 0 spiro atoms. The summed E-state index contributed by atoms with van der Waals surface area (Å²) in [5.74, 6) is 4.27. The second-order valence-electron chi connectivity index (χ2n) is 8.98. The van der Waals surface area contributed by atoms with Gasteiger partial charge in [0.05, 0.1) is 0 Å². The van der Waals surface area contributed by atoms with Crippen molar-refractivity contribution in [2.45, 2.75) is 13.0 Å². The molecule has 1 N–H and O–H groups in total. The molecule has 0 bridgehead atoms. The number of ether oxygens (including phenoxy) is 2. The highest BCUT2D eigenvalue weighted by Crippen LogP contribution is 2.37. The Balaban J connectivity index is 1.14. The van der Waals surface area contributed by atoms with Gasteiger partial charge in [-0.2, -0.15) is 5.10 Å². The topological polar surface area (TPSA) is 80.3 Å². The lowest BCUT2D eigenvalue weighted by molar-refractivity contribution is 0.174. The number of fused-ring (bicyclic) bond motifs is 1. The smallest absolute Gasteiger partial charge is 0.231 e. The largest absolute Gasteiger partial charge is 0.454 e. The van der Waals surface area contributed by atoms with Gasteiger partial charge < -0.3 is 9.47 Å². The molecule has 6 rings (SSSR count). The Hall–Kier alpha value is -3.20. The molecule has 9 heteroatoms. The molecule has 1 saturated heterocycles. The van der Waals surface area contributed by atoms with Crippen molar-refractivity contribution >= 4 is 22.4 Å². The molecule has 0 saturated carbocycles. The molecule has 1 fully saturated rings. The summed E-state index contributed by atoms with van der Waals surface area (Å²) in [6, 6.07) is 20.6. The minimum atomic E-state index is -0.651. The Kier molecular flexibility index (Phi) is 6.48. The quantitative estimate of drug-likeness (QED) is 0.398. The molecule has 1 aromatic heterocycles. The summed E-state index contributed by atoms with van der Waals surface area (Å²) in [4.78, 5) is 7.05. The van der Waals surface area contributed by atoms with Crippen molar-refractivity contribution < 1.29 is 13.7 Å². The molecular weight excluding hydrogens is 496 g/mol. The molecule has 7 nitrogen and oxygen atoms in total. The third kappa shape index (κ3) is 5.02. The van der Waals surface area contributed by atoms with Crippen LogP contribution in [0.3, 0.4) is 0 Å². The maximum atomic E-state index is 11.6. The van der Waals surface area contributed by atoms with Crippen molar-refractivity contribution in [1.29, 1.82) is 0 Å². The lowest BCUT2D eigenvalue weighted by atomic mass is 10.0. The fourth-order valence-corrected chi connectivity index (χ4v) is 5.88. The van der Waals surface area contributed by atoms with Crippen LogP contribution in [0.5, 0.6) is 11.5 Å². The van der Waals surface area contributed by atoms with Crippen molar-refractivity contribution in [3.63, 3.8) is 0 Å². The molecule has 2 aliphatic rings. The monoisotopic (exact) mass is 520 g/mol. The zero-order chi connectivity index (χ0) is 24.5. The number of halogens is 1. The lowest BCUT2D eigenvalue weighted by Crippen LogP contribution is -2.37. The van der Waals surface area contributed by atoms with Crippen molar-refractivity contribution in [3.8, 4) is 34.0 Å². The Morgan fingerprint density at radius 2 is 1.69 bits per heavy atom. The van der Waals surface area contributed by atoms with Crippen LogP contribution in [0.2, 0.25) is 5.02 Å². The zero-order valence-corrected chi connectivity index (χ0v) is 21.1. The molecule has 3 heterocycles. The highest BCUT2D eigenvalue weighted by atomic mass is 35.5. The summed E-state index contributed by atoms with van der Waals surface area (Å²) in [6.07, 6.45) is 0.514. The number of rotatable bonds is 6. The SMILES string of the molecule is O=S1CCN(Cc2cccc(-c3ccc(-c4n[nH]c(Cc5cc6c(cc5Cl)OCO6)n4)cc3)c2)CC1. The average Bonchev–Trinajstić information content (AvgIpc) is 3.55. The van der Waals surface area contributed by atoms with Gasteiger partial charge in [0, 0.05) is 65.0 Å². The van der Waals surface area contributed by atoms with Crippen LogP contribution in [0.4, 0.5) is 0 Å². The van der Waals surface area contributed by atoms with Gasteiger partial charge in [0.25, 0.3) is 0 Å². The number of H-pyrrole nitrogens is 1. The molecule has 184 valence electrons. The predicted octanol–water partition coefficient (Wildman–Crippen LogP) is 4.68. The first-order valence-electron chi connectivity index (χ1n) is 11.9. The first-order valence-corrected chi connectivity index (χ1v) is 13.7. The van der Waals surface area contributed by atoms with E-state index in [-0.39, 0.29) is 6.79 Å². The van der Waals surface area contributed by atoms with Crippen LogP contribution in [-0.2, 0) is 23.8 Å². The van der Waals surface area contributed by atoms with Gasteiger partial charge in [0.1, 0.15) is 5.82 Å². The van der Waals surface area contributed by atoms with Crippen LogP contribution in [0.25, 0.3) is 22.5 Å². The van der Waals surface area contributed by atoms with Gasteiger partial charge in [-0.15, -0.1) is 0 Å². The lowest BCUT2D eigenvalue weighted by Gasteiger charge is -2.26. The van der Waals surface area contributed by atoms with Crippen LogP contribution in [-0.4, -0.2) is 55.7 Å². The van der Waals surface area contributed by atoms with Crippen LogP contribution in [0, 0.1) is 0 Å². The number of hydrogen-bond acceptors (Lipinski definition) is 6. The van der Waals surface area contributed by atoms with E-state index >= 15 is 0 Å². The van der Waals surface area contributed by atoms with Crippen molar-refractivity contribution in [1.82, 2.24) is 20.1 Å². The van der Waals surface area contributed by atoms with Crippen molar-refractivity contribution in [2.75, 3.05) is 31.4 Å². The van der Waals surface area contributed by atoms with Gasteiger partial charge in [-0.05, 0) is 34.4 Å². The normalized spacial score (nSPS) is 15.9. The molecule has 3 aromatic carbocycles. The molecule has 0 aliphatic carbocycles. The minimum Gasteiger partial charge on any atom is -0.454 e. The average molecular weight is 521 g/mol. The summed E-state index contributed by atoms with van der Waals surface area (Å²) in [6.45, 7) is 2.89. The van der Waals surface area contributed by atoms with Gasteiger partial charge >= 0.3 is 0 Å². The highest BCUT2D eigenvalue weighted by molar-refractivity contribution is 7.85. The fourth-order valence-electron chi connectivity index (χ4n) is 4.53. The summed E-state index contributed by atoms with van der Waals surface area (Å²) >= 11 is 6.42. The van der Waals surface area contributed by atoms with Crippen LogP contribution < -0.4 is 9.47 Å². The second-order valence-corrected chi connectivity index (χ2v) is 11.1. The number of nitrogens with one attached hydrogen (secondary N) is 1. The molecule has 36 heavy (non-hydrogen) atoms. The van der Waals surface area contributed by atoms with E-state index in [0.29, 0.717) is 28.8 Å². The Morgan fingerprint density at radius 1 is 0.944 bits per heavy atom. The van der Waals surface area contributed by atoms with E-state index in [9.17, 15) is 4.21 Å². The summed E-state index contributed by atoms with van der Waals surface area (Å²) in [5, 5.41) is 8.05. The molecule has 2 aliphatic heterocycles. The van der Waals surface area contributed by atoms with Gasteiger partial charge in [0.2, 0.25) is 6.79 Å². The molecule has 4 aromatic rings. The van der Waals surface area contributed by atoms with Gasteiger partial charge in [-0.1, -0.05) is 54.1 Å². The first-order chi connectivity index (χ1) is 17.6. The van der Waals surface area contributed by atoms with E-state index in [0.717, 1.165) is 53.7 Å². The number of aromatic nitrogens is 3. The van der Waals surface area contributed by atoms with E-state index in [1.807, 2.05) is 18.2 Å². The first kappa shape index (κ1) is 23.2. The molecule has 0 radical (unpaired) electrons. The number of benzene rings is 3. The fraction of sp³-hybridized carbons (Fsp3) is 0.259. The van der Waals surface area contributed by atoms with E-state index in [2.05, 4.69) is 56.5 Å². The number of nitrogens with zero attached hydrogens (tertiary/aromatic N) is 3. The van der Waals surface area contributed by atoms with Crippen LogP contribution in [0.15, 0.2) is 60.7 Å². The summed E-state index contributed by atoms with van der Waals surface area (Å²) in [7, 11) is -0.651. The van der Waals surface area contributed by atoms with Gasteiger partial charge in [-0.3, -0.25) is 14.2 Å². The summed E-state index contributed by atoms with van der Waals surface area (Å²) in [5.41, 5.74) is 5.42. The standard InChI is InChI=1S/C27H25ClN4O3S/c28-23-15-25-24(34-17-35-25)13-22(23)14-26-29-27(31-30-26)20-6-4-19(5-7-20)21-3-1-2-18(12-21)16-32-8-10-36(33)11-9-32/h1-7,12-13,15H,8-11,14,16-17H2,(H,29,30,31). The van der Waals surface area contributed by atoms with Crippen LogP contribution in [0.1, 0.15) is 17.0 Å². The van der Waals surface area contributed by atoms with E-state index in [4.69, 9.17) is 21.1 Å². The van der Waals surface area contributed by atoms with Crippen molar-refractivity contribution in [3.05, 3.63) is 82.6 Å². The Bertz CT molecular complexity index is 1410. The summed E-state index contributed by atoms with van der Waals surface area (Å²) < 4.78 is 22.5. The third-order valence-electron chi connectivity index (χ3n) is 6.51. The van der Waals surface area contributed by atoms with Gasteiger partial charge in [-0.25, -0.2) is 4.98 Å². The highest BCUT2D eigenvalue weighted by Gasteiger charge is 2.18. The molecule has 0 unspecified atom stereocenters. The number of hydrogen-bond donors (Lipinski definition) is 1. The molecule has 0 atom stereocenters.